The van der Waals surface area contributed by atoms with Gasteiger partial charge in [-0.05, 0) is 61.0 Å². The van der Waals surface area contributed by atoms with Crippen molar-refractivity contribution in [3.8, 4) is 17.2 Å². The number of halogens is 2. The number of hydrogen-bond donors (Lipinski definition) is 1. The summed E-state index contributed by atoms with van der Waals surface area (Å²) in [4.78, 5) is 12.5. The minimum Gasteiger partial charge on any atom is -0.493 e. The van der Waals surface area contributed by atoms with Crippen molar-refractivity contribution >= 4 is 35.3 Å². The second-order valence-electron chi connectivity index (χ2n) is 6.60. The Labute approximate surface area is 196 Å². The van der Waals surface area contributed by atoms with Crippen LogP contribution in [0.3, 0.4) is 0 Å². The number of carbonyl (C=O) groups is 1. The summed E-state index contributed by atoms with van der Waals surface area (Å²) >= 11 is 12.1. The lowest BCUT2D eigenvalue weighted by atomic mass is 10.2. The molecular formula is C24H22Cl2N2O4. The van der Waals surface area contributed by atoms with Crippen LogP contribution in [0.1, 0.15) is 28.4 Å². The van der Waals surface area contributed by atoms with Gasteiger partial charge in [0.1, 0.15) is 12.4 Å². The van der Waals surface area contributed by atoms with E-state index in [9.17, 15) is 4.79 Å². The van der Waals surface area contributed by atoms with Crippen molar-refractivity contribution in [2.75, 3.05) is 13.7 Å². The summed E-state index contributed by atoms with van der Waals surface area (Å²) in [6, 6.07) is 17.5. The SMILES string of the molecule is CCOc1ccc(C(=O)N/N=C/c2cc(Cl)ccc2OCc2cccc(Cl)c2)cc1OC. The van der Waals surface area contributed by atoms with Gasteiger partial charge in [0.25, 0.3) is 5.91 Å². The first-order chi connectivity index (χ1) is 15.5. The van der Waals surface area contributed by atoms with Gasteiger partial charge in [0.2, 0.25) is 0 Å². The van der Waals surface area contributed by atoms with Gasteiger partial charge in [-0.1, -0.05) is 35.3 Å². The topological polar surface area (TPSA) is 69.2 Å². The number of benzene rings is 3. The maximum Gasteiger partial charge on any atom is 0.271 e. The molecule has 3 aromatic carbocycles. The van der Waals surface area contributed by atoms with Gasteiger partial charge in [-0.2, -0.15) is 5.10 Å². The predicted molar refractivity (Wildman–Crippen MR) is 126 cm³/mol. The lowest BCUT2D eigenvalue weighted by Crippen LogP contribution is -2.17. The number of nitrogens with one attached hydrogen (secondary N) is 1. The molecule has 0 atom stereocenters. The molecule has 0 aliphatic rings. The van der Waals surface area contributed by atoms with Gasteiger partial charge in [0, 0.05) is 21.2 Å². The maximum absolute atomic E-state index is 12.5. The van der Waals surface area contributed by atoms with Crippen LogP contribution in [-0.4, -0.2) is 25.8 Å². The molecule has 8 heteroatoms. The zero-order valence-electron chi connectivity index (χ0n) is 17.6. The van der Waals surface area contributed by atoms with E-state index in [4.69, 9.17) is 37.4 Å². The van der Waals surface area contributed by atoms with E-state index in [1.807, 2.05) is 25.1 Å². The third-order valence-electron chi connectivity index (χ3n) is 4.35. The van der Waals surface area contributed by atoms with Crippen LogP contribution in [0.2, 0.25) is 10.0 Å². The van der Waals surface area contributed by atoms with Gasteiger partial charge < -0.3 is 14.2 Å². The highest BCUT2D eigenvalue weighted by Crippen LogP contribution is 2.28. The molecule has 1 N–H and O–H groups in total. The van der Waals surface area contributed by atoms with E-state index in [2.05, 4.69) is 10.5 Å². The molecule has 0 bridgehead atoms. The van der Waals surface area contributed by atoms with E-state index in [-0.39, 0.29) is 0 Å². The van der Waals surface area contributed by atoms with Gasteiger partial charge in [0.15, 0.2) is 11.5 Å². The van der Waals surface area contributed by atoms with Crippen LogP contribution < -0.4 is 19.6 Å². The van der Waals surface area contributed by atoms with E-state index in [0.717, 1.165) is 5.56 Å². The van der Waals surface area contributed by atoms with Crippen LogP contribution in [-0.2, 0) is 6.61 Å². The summed E-state index contributed by atoms with van der Waals surface area (Å²) in [6.45, 7) is 2.69. The number of methoxy groups -OCH3 is 1. The molecule has 0 aromatic heterocycles. The molecule has 0 unspecified atom stereocenters. The first kappa shape index (κ1) is 23.4. The molecule has 32 heavy (non-hydrogen) atoms. The molecule has 3 rings (SSSR count). The highest BCUT2D eigenvalue weighted by atomic mass is 35.5. The largest absolute Gasteiger partial charge is 0.493 e. The Balaban J connectivity index is 1.69. The third kappa shape index (κ3) is 6.39. The molecule has 0 spiro atoms. The maximum atomic E-state index is 12.5. The van der Waals surface area contributed by atoms with Crippen LogP contribution in [0.25, 0.3) is 0 Å². The molecule has 0 radical (unpaired) electrons. The Morgan fingerprint density at radius 3 is 2.50 bits per heavy atom. The second kappa shape index (κ2) is 11.4. The molecule has 166 valence electrons. The van der Waals surface area contributed by atoms with Gasteiger partial charge in [0.05, 0.1) is 19.9 Å². The smallest absolute Gasteiger partial charge is 0.271 e. The van der Waals surface area contributed by atoms with E-state index < -0.39 is 5.91 Å². The van der Waals surface area contributed by atoms with E-state index in [1.54, 1.807) is 42.5 Å². The second-order valence-corrected chi connectivity index (χ2v) is 7.47. The minimum absolute atomic E-state index is 0.321. The Bertz CT molecular complexity index is 1120. The highest BCUT2D eigenvalue weighted by molar-refractivity contribution is 6.31. The average Bonchev–Trinajstić information content (AvgIpc) is 2.79. The summed E-state index contributed by atoms with van der Waals surface area (Å²) in [5.74, 6) is 1.20. The molecule has 0 aliphatic heterocycles. The molecule has 0 aliphatic carbocycles. The Kier molecular flexibility index (Phi) is 8.36. The van der Waals surface area contributed by atoms with E-state index in [0.29, 0.717) is 51.6 Å². The van der Waals surface area contributed by atoms with Crippen molar-refractivity contribution in [3.05, 3.63) is 87.4 Å². The number of amides is 1. The first-order valence-corrected chi connectivity index (χ1v) is 10.6. The quantitative estimate of drug-likeness (QED) is 0.318. The van der Waals surface area contributed by atoms with Crippen LogP contribution >= 0.6 is 23.2 Å². The standard InChI is InChI=1S/C24H22Cl2N2O4/c1-3-31-22-9-7-17(13-23(22)30-2)24(29)28-27-14-18-12-20(26)8-10-21(18)32-15-16-5-4-6-19(25)11-16/h4-14H,3,15H2,1-2H3,(H,28,29)/b27-14+. The number of nitrogens with zero attached hydrogens (tertiary/aromatic N) is 1. The third-order valence-corrected chi connectivity index (χ3v) is 4.82. The fourth-order valence-corrected chi connectivity index (χ4v) is 3.24. The van der Waals surface area contributed by atoms with Crippen molar-refractivity contribution in [2.45, 2.75) is 13.5 Å². The van der Waals surface area contributed by atoms with Gasteiger partial charge >= 0.3 is 0 Å². The molecule has 1 amide bonds. The van der Waals surface area contributed by atoms with Crippen molar-refractivity contribution in [2.24, 2.45) is 5.10 Å². The molecular weight excluding hydrogens is 451 g/mol. The number of ether oxygens (including phenoxy) is 3. The Hall–Kier alpha value is -3.22. The lowest BCUT2D eigenvalue weighted by Gasteiger charge is -2.11. The van der Waals surface area contributed by atoms with Crippen molar-refractivity contribution < 1.29 is 19.0 Å². The Morgan fingerprint density at radius 2 is 1.75 bits per heavy atom. The number of hydrogen-bond acceptors (Lipinski definition) is 5. The molecule has 6 nitrogen and oxygen atoms in total. The monoisotopic (exact) mass is 472 g/mol. The first-order valence-electron chi connectivity index (χ1n) is 9.81. The highest BCUT2D eigenvalue weighted by Gasteiger charge is 2.11. The predicted octanol–water partition coefficient (Wildman–Crippen LogP) is 5.74. The Morgan fingerprint density at radius 1 is 0.969 bits per heavy atom. The summed E-state index contributed by atoms with van der Waals surface area (Å²) in [5.41, 5.74) is 4.42. The van der Waals surface area contributed by atoms with Crippen LogP contribution in [0, 0.1) is 0 Å². The molecule has 3 aromatic rings. The fraction of sp³-hybridized carbons (Fsp3) is 0.167. The summed E-state index contributed by atoms with van der Waals surface area (Å²) in [6.07, 6.45) is 1.48. The van der Waals surface area contributed by atoms with Crippen molar-refractivity contribution in [3.63, 3.8) is 0 Å². The normalized spacial score (nSPS) is 10.8. The summed E-state index contributed by atoms with van der Waals surface area (Å²) in [5, 5.41) is 5.20. The number of carbonyl (C=O) groups excluding carboxylic acids is 1. The minimum atomic E-state index is -0.397. The zero-order valence-corrected chi connectivity index (χ0v) is 19.1. The average molecular weight is 473 g/mol. The summed E-state index contributed by atoms with van der Waals surface area (Å²) < 4.78 is 16.6. The van der Waals surface area contributed by atoms with Gasteiger partial charge in [-0.25, -0.2) is 5.43 Å². The van der Waals surface area contributed by atoms with Crippen LogP contribution in [0.15, 0.2) is 65.8 Å². The zero-order chi connectivity index (χ0) is 22.9. The van der Waals surface area contributed by atoms with Gasteiger partial charge in [-0.3, -0.25) is 4.79 Å². The van der Waals surface area contributed by atoms with Crippen molar-refractivity contribution in [1.29, 1.82) is 0 Å². The molecule has 0 heterocycles. The molecule has 0 fully saturated rings. The summed E-state index contributed by atoms with van der Waals surface area (Å²) in [7, 11) is 1.52. The van der Waals surface area contributed by atoms with Crippen LogP contribution in [0.4, 0.5) is 0 Å². The van der Waals surface area contributed by atoms with Crippen molar-refractivity contribution in [1.82, 2.24) is 5.43 Å². The number of hydrazone groups is 1. The van der Waals surface area contributed by atoms with Crippen LogP contribution in [0.5, 0.6) is 17.2 Å². The van der Waals surface area contributed by atoms with E-state index >= 15 is 0 Å². The van der Waals surface area contributed by atoms with E-state index in [1.165, 1.54) is 13.3 Å². The fourth-order valence-electron chi connectivity index (χ4n) is 2.85. The van der Waals surface area contributed by atoms with Gasteiger partial charge in [-0.15, -0.1) is 0 Å². The lowest BCUT2D eigenvalue weighted by molar-refractivity contribution is 0.0954. The number of rotatable bonds is 9. The molecule has 0 saturated heterocycles. The molecule has 0 saturated carbocycles.